The first kappa shape index (κ1) is 9.92. The molecule has 4 heteroatoms. The zero-order chi connectivity index (χ0) is 9.68. The molecule has 0 saturated carbocycles. The Bertz CT molecular complexity index is 308. The lowest BCUT2D eigenvalue weighted by Crippen LogP contribution is -2.09. The molecule has 0 saturated heterocycles. The molecule has 1 aromatic heterocycles. The van der Waals surface area contributed by atoms with Crippen molar-refractivity contribution in [1.82, 2.24) is 4.98 Å². The Balaban J connectivity index is 2.59. The molecule has 1 amide bonds. The molecule has 0 radical (unpaired) electrons. The Morgan fingerprint density at radius 3 is 3.00 bits per heavy atom. The summed E-state index contributed by atoms with van der Waals surface area (Å²) in [5.41, 5.74) is 0.690. The Labute approximate surface area is 85.0 Å². The highest BCUT2D eigenvalue weighted by molar-refractivity contribution is 9.10. The molecular weight excluding hydrogens is 232 g/mol. The Hall–Kier alpha value is -1.16. The lowest BCUT2D eigenvalue weighted by atomic mass is 10.3. The third kappa shape index (κ3) is 3.38. The van der Waals surface area contributed by atoms with Crippen LogP contribution in [0.4, 0.5) is 5.69 Å². The molecule has 0 spiro atoms. The Morgan fingerprint density at radius 2 is 2.46 bits per heavy atom. The van der Waals surface area contributed by atoms with Crippen LogP contribution < -0.4 is 5.32 Å². The number of carbonyl (C=O) groups excluding carboxylic acids is 1. The van der Waals surface area contributed by atoms with Crippen LogP contribution in [-0.4, -0.2) is 10.9 Å². The smallest absolute Gasteiger partial charge is 0.228 e. The maximum Gasteiger partial charge on any atom is 0.228 e. The molecule has 0 atom stereocenters. The van der Waals surface area contributed by atoms with Crippen molar-refractivity contribution >= 4 is 27.5 Å². The maximum atomic E-state index is 11.1. The third-order valence-electron chi connectivity index (χ3n) is 1.34. The molecule has 0 aromatic carbocycles. The predicted molar refractivity (Wildman–Crippen MR) is 55.4 cm³/mol. The second-order valence-electron chi connectivity index (χ2n) is 2.41. The molecule has 0 aliphatic heterocycles. The molecule has 0 aliphatic rings. The number of hydrogen-bond donors (Lipinski definition) is 1. The minimum absolute atomic E-state index is 0.0841. The van der Waals surface area contributed by atoms with Crippen molar-refractivity contribution < 1.29 is 4.79 Å². The van der Waals surface area contributed by atoms with Crippen LogP contribution in [0.1, 0.15) is 6.42 Å². The molecule has 0 bridgehead atoms. The quantitative estimate of drug-likeness (QED) is 0.651. The van der Waals surface area contributed by atoms with Gasteiger partial charge in [-0.3, -0.25) is 4.79 Å². The summed E-state index contributed by atoms with van der Waals surface area (Å²) in [6.45, 7) is 3.47. The average Bonchev–Trinajstić information content (AvgIpc) is 2.09. The molecule has 1 heterocycles. The van der Waals surface area contributed by atoms with Gasteiger partial charge in [0.2, 0.25) is 5.91 Å². The fourth-order valence-electron chi connectivity index (χ4n) is 0.793. The molecule has 68 valence electrons. The number of nitrogens with zero attached hydrogens (tertiary/aromatic N) is 1. The van der Waals surface area contributed by atoms with E-state index in [1.54, 1.807) is 24.4 Å². The van der Waals surface area contributed by atoms with Gasteiger partial charge in [-0.1, -0.05) is 6.08 Å². The van der Waals surface area contributed by atoms with Crippen molar-refractivity contribution in [2.75, 3.05) is 5.32 Å². The van der Waals surface area contributed by atoms with Crippen molar-refractivity contribution in [3.8, 4) is 0 Å². The summed E-state index contributed by atoms with van der Waals surface area (Å²) in [6.07, 6.45) is 3.46. The summed E-state index contributed by atoms with van der Waals surface area (Å²) in [4.78, 5) is 15.0. The van der Waals surface area contributed by atoms with E-state index in [0.717, 1.165) is 4.60 Å². The zero-order valence-electron chi connectivity index (χ0n) is 6.96. The van der Waals surface area contributed by atoms with E-state index in [2.05, 4.69) is 32.8 Å². The predicted octanol–water partition coefficient (Wildman–Crippen LogP) is 2.36. The first-order chi connectivity index (χ1) is 6.22. The molecule has 0 aliphatic carbocycles. The standard InChI is InChI=1S/C9H9BrN2O/c1-2-3-9(13)12-7-4-5-8(10)11-6-7/h2,4-6H,1,3H2,(H,12,13). The number of halogens is 1. The molecular formula is C9H9BrN2O. The normalized spacial score (nSPS) is 9.31. The molecule has 1 rings (SSSR count). The van der Waals surface area contributed by atoms with Gasteiger partial charge in [-0.25, -0.2) is 4.98 Å². The average molecular weight is 241 g/mol. The highest BCUT2D eigenvalue weighted by atomic mass is 79.9. The van der Waals surface area contributed by atoms with Gasteiger partial charge in [-0.15, -0.1) is 6.58 Å². The number of rotatable bonds is 3. The van der Waals surface area contributed by atoms with E-state index in [-0.39, 0.29) is 5.91 Å². The minimum atomic E-state index is -0.0841. The van der Waals surface area contributed by atoms with E-state index in [9.17, 15) is 4.79 Å². The van der Waals surface area contributed by atoms with Crippen LogP contribution in [0.2, 0.25) is 0 Å². The first-order valence-corrected chi connectivity index (χ1v) is 4.54. The second-order valence-corrected chi connectivity index (χ2v) is 3.22. The summed E-state index contributed by atoms with van der Waals surface area (Å²) >= 11 is 3.20. The van der Waals surface area contributed by atoms with E-state index in [4.69, 9.17) is 0 Å². The van der Waals surface area contributed by atoms with Crippen molar-refractivity contribution in [2.24, 2.45) is 0 Å². The van der Waals surface area contributed by atoms with Crippen LogP contribution in [0.15, 0.2) is 35.6 Å². The molecule has 0 fully saturated rings. The summed E-state index contributed by atoms with van der Waals surface area (Å²) in [5.74, 6) is -0.0841. The maximum absolute atomic E-state index is 11.1. The lowest BCUT2D eigenvalue weighted by Gasteiger charge is -2.01. The van der Waals surface area contributed by atoms with Gasteiger partial charge in [-0.05, 0) is 28.1 Å². The number of hydrogen-bond acceptors (Lipinski definition) is 2. The molecule has 3 nitrogen and oxygen atoms in total. The fraction of sp³-hybridized carbons (Fsp3) is 0.111. The number of carbonyl (C=O) groups is 1. The summed E-state index contributed by atoms with van der Waals surface area (Å²) in [7, 11) is 0. The van der Waals surface area contributed by atoms with E-state index < -0.39 is 0 Å². The zero-order valence-corrected chi connectivity index (χ0v) is 8.54. The van der Waals surface area contributed by atoms with Crippen molar-refractivity contribution in [2.45, 2.75) is 6.42 Å². The number of nitrogens with one attached hydrogen (secondary N) is 1. The first-order valence-electron chi connectivity index (χ1n) is 3.74. The van der Waals surface area contributed by atoms with Crippen molar-refractivity contribution in [1.29, 1.82) is 0 Å². The number of pyridine rings is 1. The van der Waals surface area contributed by atoms with Gasteiger partial charge in [0, 0.05) is 6.42 Å². The van der Waals surface area contributed by atoms with Gasteiger partial charge < -0.3 is 5.32 Å². The Morgan fingerprint density at radius 1 is 1.69 bits per heavy atom. The highest BCUT2D eigenvalue weighted by Crippen LogP contribution is 2.10. The second kappa shape index (κ2) is 4.77. The van der Waals surface area contributed by atoms with Gasteiger partial charge in [0.15, 0.2) is 0 Å². The van der Waals surface area contributed by atoms with Gasteiger partial charge in [0.05, 0.1) is 11.9 Å². The molecule has 0 unspecified atom stereocenters. The van der Waals surface area contributed by atoms with Gasteiger partial charge in [0.1, 0.15) is 4.60 Å². The third-order valence-corrected chi connectivity index (χ3v) is 1.81. The summed E-state index contributed by atoms with van der Waals surface area (Å²) < 4.78 is 0.745. The van der Waals surface area contributed by atoms with Crippen LogP contribution >= 0.6 is 15.9 Å². The van der Waals surface area contributed by atoms with Crippen LogP contribution in [-0.2, 0) is 4.79 Å². The van der Waals surface area contributed by atoms with E-state index in [1.165, 1.54) is 0 Å². The number of aromatic nitrogens is 1. The van der Waals surface area contributed by atoms with E-state index in [1.807, 2.05) is 0 Å². The van der Waals surface area contributed by atoms with Gasteiger partial charge in [0.25, 0.3) is 0 Å². The molecule has 13 heavy (non-hydrogen) atoms. The van der Waals surface area contributed by atoms with Crippen molar-refractivity contribution in [3.63, 3.8) is 0 Å². The molecule has 1 N–H and O–H groups in total. The van der Waals surface area contributed by atoms with Crippen LogP contribution in [0.25, 0.3) is 0 Å². The van der Waals surface area contributed by atoms with Crippen LogP contribution in [0.5, 0.6) is 0 Å². The SMILES string of the molecule is C=CCC(=O)Nc1ccc(Br)nc1. The number of amides is 1. The molecule has 1 aromatic rings. The highest BCUT2D eigenvalue weighted by Gasteiger charge is 1.98. The topological polar surface area (TPSA) is 42.0 Å². The number of anilines is 1. The lowest BCUT2D eigenvalue weighted by molar-refractivity contribution is -0.115. The summed E-state index contributed by atoms with van der Waals surface area (Å²) in [6, 6.07) is 3.54. The van der Waals surface area contributed by atoms with Gasteiger partial charge >= 0.3 is 0 Å². The Kier molecular flexibility index (Phi) is 3.64. The van der Waals surface area contributed by atoms with E-state index in [0.29, 0.717) is 12.1 Å². The van der Waals surface area contributed by atoms with Crippen LogP contribution in [0, 0.1) is 0 Å². The summed E-state index contributed by atoms with van der Waals surface area (Å²) in [5, 5.41) is 2.68. The largest absolute Gasteiger partial charge is 0.324 e. The van der Waals surface area contributed by atoms with Gasteiger partial charge in [-0.2, -0.15) is 0 Å². The van der Waals surface area contributed by atoms with Crippen LogP contribution in [0.3, 0.4) is 0 Å². The van der Waals surface area contributed by atoms with E-state index >= 15 is 0 Å². The fourth-order valence-corrected chi connectivity index (χ4v) is 1.03. The monoisotopic (exact) mass is 240 g/mol. The van der Waals surface area contributed by atoms with Crippen molar-refractivity contribution in [3.05, 3.63) is 35.6 Å². The minimum Gasteiger partial charge on any atom is -0.324 e.